The normalized spacial score (nSPS) is 27.6. The van der Waals surface area contributed by atoms with Crippen molar-refractivity contribution < 1.29 is 4.79 Å². The SMILES string of the molecule is Cc1ccc2nc(-c3ccc(N/C=C(/C#N)C(=O)NC(C)C45CC6CC(CC(C6)C4)C5)cc3)sc2c1. The topological polar surface area (TPSA) is 77.8 Å². The third-order valence-electron chi connectivity index (χ3n) is 8.78. The molecular weight excluding hydrogens is 464 g/mol. The van der Waals surface area contributed by atoms with E-state index >= 15 is 0 Å². The van der Waals surface area contributed by atoms with E-state index in [0.29, 0.717) is 0 Å². The van der Waals surface area contributed by atoms with Crippen LogP contribution in [0.25, 0.3) is 20.8 Å². The molecular formula is C30H32N4OS. The summed E-state index contributed by atoms with van der Waals surface area (Å²) >= 11 is 1.68. The highest BCUT2D eigenvalue weighted by Crippen LogP contribution is 2.61. The molecule has 184 valence electrons. The lowest BCUT2D eigenvalue weighted by Crippen LogP contribution is -2.56. The van der Waals surface area contributed by atoms with Crippen molar-refractivity contribution in [2.75, 3.05) is 5.32 Å². The van der Waals surface area contributed by atoms with Gasteiger partial charge in [0.25, 0.3) is 5.91 Å². The van der Waals surface area contributed by atoms with Gasteiger partial charge in [-0.3, -0.25) is 4.79 Å². The maximum Gasteiger partial charge on any atom is 0.263 e. The van der Waals surface area contributed by atoms with Gasteiger partial charge in [0.15, 0.2) is 0 Å². The van der Waals surface area contributed by atoms with Crippen LogP contribution < -0.4 is 10.6 Å². The monoisotopic (exact) mass is 496 g/mol. The summed E-state index contributed by atoms with van der Waals surface area (Å²) in [6.07, 6.45) is 9.35. The maximum atomic E-state index is 13.0. The van der Waals surface area contributed by atoms with E-state index < -0.39 is 0 Å². The van der Waals surface area contributed by atoms with Crippen LogP contribution in [-0.2, 0) is 4.79 Å². The van der Waals surface area contributed by atoms with E-state index in [0.717, 1.165) is 39.5 Å². The average molecular weight is 497 g/mol. The molecule has 4 aliphatic rings. The smallest absolute Gasteiger partial charge is 0.263 e. The number of aromatic nitrogens is 1. The van der Waals surface area contributed by atoms with Gasteiger partial charge >= 0.3 is 0 Å². The number of hydrogen-bond acceptors (Lipinski definition) is 5. The van der Waals surface area contributed by atoms with Gasteiger partial charge in [0.1, 0.15) is 16.6 Å². The van der Waals surface area contributed by atoms with E-state index in [1.54, 1.807) is 11.3 Å². The minimum absolute atomic E-state index is 0.0898. The number of carbonyl (C=O) groups is 1. The van der Waals surface area contributed by atoms with Gasteiger partial charge in [-0.15, -0.1) is 11.3 Å². The van der Waals surface area contributed by atoms with Crippen LogP contribution in [0.5, 0.6) is 0 Å². The number of nitrogens with zero attached hydrogens (tertiary/aromatic N) is 2. The Kier molecular flexibility index (Phi) is 5.84. The van der Waals surface area contributed by atoms with Crippen LogP contribution in [0, 0.1) is 41.4 Å². The van der Waals surface area contributed by atoms with Crippen molar-refractivity contribution in [1.82, 2.24) is 10.3 Å². The first kappa shape index (κ1) is 23.2. The highest BCUT2D eigenvalue weighted by atomic mass is 32.1. The molecule has 4 saturated carbocycles. The van der Waals surface area contributed by atoms with E-state index in [4.69, 9.17) is 4.98 Å². The van der Waals surface area contributed by atoms with Crippen LogP contribution in [0.3, 0.4) is 0 Å². The number of nitrogens with one attached hydrogen (secondary N) is 2. The minimum atomic E-state index is -0.283. The summed E-state index contributed by atoms with van der Waals surface area (Å²) in [5, 5.41) is 17.0. The molecule has 0 aliphatic heterocycles. The van der Waals surface area contributed by atoms with Crippen molar-refractivity contribution in [3.8, 4) is 16.6 Å². The standard InChI is InChI=1S/C30H32N4OS/c1-18-3-8-26-27(9-18)36-29(34-26)23-4-6-25(7-5-23)32-17-24(16-31)28(35)33-19(2)30-13-20-10-21(14-30)12-22(11-20)15-30/h3-9,17,19-22,32H,10-15H2,1-2H3,(H,33,35)/b24-17-. The number of anilines is 1. The highest BCUT2D eigenvalue weighted by molar-refractivity contribution is 7.21. The molecule has 0 saturated heterocycles. The van der Waals surface area contributed by atoms with Crippen LogP contribution in [0.1, 0.15) is 51.0 Å². The van der Waals surface area contributed by atoms with Gasteiger partial charge in [0, 0.05) is 23.5 Å². The second kappa shape index (κ2) is 9.05. The number of fused-ring (bicyclic) bond motifs is 1. The zero-order chi connectivity index (χ0) is 24.9. The predicted octanol–water partition coefficient (Wildman–Crippen LogP) is 6.81. The number of nitriles is 1. The zero-order valence-corrected chi connectivity index (χ0v) is 21.7. The molecule has 7 rings (SSSR count). The van der Waals surface area contributed by atoms with Gasteiger partial charge in [-0.1, -0.05) is 6.07 Å². The zero-order valence-electron chi connectivity index (χ0n) is 20.9. The Balaban J connectivity index is 1.11. The molecule has 5 nitrogen and oxygen atoms in total. The molecule has 4 aliphatic carbocycles. The second-order valence-electron chi connectivity index (χ2n) is 11.4. The Hall–Kier alpha value is -3.17. The lowest BCUT2D eigenvalue weighted by Gasteiger charge is -2.59. The molecule has 1 amide bonds. The van der Waals surface area contributed by atoms with Gasteiger partial charge < -0.3 is 10.6 Å². The number of aryl methyl sites for hydroxylation is 1. The number of hydrogen-bond donors (Lipinski definition) is 2. The Bertz CT molecular complexity index is 1340. The van der Waals surface area contributed by atoms with Gasteiger partial charge in [0.05, 0.1) is 10.2 Å². The van der Waals surface area contributed by atoms with E-state index in [1.165, 1.54) is 55.0 Å². The van der Waals surface area contributed by atoms with Gasteiger partial charge in [-0.25, -0.2) is 4.98 Å². The minimum Gasteiger partial charge on any atom is -0.360 e. The summed E-state index contributed by atoms with van der Waals surface area (Å²) in [7, 11) is 0. The first-order valence-corrected chi connectivity index (χ1v) is 13.9. The quantitative estimate of drug-likeness (QED) is 0.290. The lowest BCUT2D eigenvalue weighted by molar-refractivity contribution is -0.122. The van der Waals surface area contributed by atoms with Crippen molar-refractivity contribution in [2.45, 2.75) is 58.4 Å². The third kappa shape index (κ3) is 4.30. The fourth-order valence-corrected chi connectivity index (χ4v) is 8.37. The van der Waals surface area contributed by atoms with Crippen LogP contribution in [0.4, 0.5) is 5.69 Å². The average Bonchev–Trinajstić information content (AvgIpc) is 3.27. The molecule has 2 aromatic carbocycles. The van der Waals surface area contributed by atoms with Crippen molar-refractivity contribution in [3.05, 3.63) is 59.8 Å². The fraction of sp³-hybridized carbons (Fsp3) is 0.433. The summed E-state index contributed by atoms with van der Waals surface area (Å²) < 4.78 is 1.18. The summed E-state index contributed by atoms with van der Waals surface area (Å²) in [5.41, 5.74) is 4.44. The van der Waals surface area contributed by atoms with Gasteiger partial charge in [-0.05, 0) is 118 Å². The molecule has 0 radical (unpaired) electrons. The number of amides is 1. The van der Waals surface area contributed by atoms with Crippen LogP contribution >= 0.6 is 11.3 Å². The van der Waals surface area contributed by atoms with E-state index in [9.17, 15) is 10.1 Å². The van der Waals surface area contributed by atoms with Crippen molar-refractivity contribution in [1.29, 1.82) is 5.26 Å². The third-order valence-corrected chi connectivity index (χ3v) is 9.84. The van der Waals surface area contributed by atoms with E-state index in [1.807, 2.05) is 24.3 Å². The van der Waals surface area contributed by atoms with Gasteiger partial charge in [0.2, 0.25) is 0 Å². The van der Waals surface area contributed by atoms with Crippen LogP contribution in [0.15, 0.2) is 54.2 Å². The summed E-state index contributed by atoms with van der Waals surface area (Å²) in [6, 6.07) is 16.4. The predicted molar refractivity (Wildman–Crippen MR) is 145 cm³/mol. The molecule has 4 fully saturated rings. The second-order valence-corrected chi connectivity index (χ2v) is 12.4. The molecule has 4 bridgehead atoms. The van der Waals surface area contributed by atoms with Crippen molar-refractivity contribution >= 4 is 33.1 Å². The number of carbonyl (C=O) groups excluding carboxylic acids is 1. The Morgan fingerprint density at radius 2 is 1.78 bits per heavy atom. The fourth-order valence-electron chi connectivity index (χ4n) is 7.30. The van der Waals surface area contributed by atoms with Crippen LogP contribution in [-0.4, -0.2) is 16.9 Å². The Morgan fingerprint density at radius 1 is 1.11 bits per heavy atom. The number of rotatable bonds is 6. The summed E-state index contributed by atoms with van der Waals surface area (Å²) in [4.78, 5) is 17.7. The number of thiazole rings is 1. The molecule has 1 heterocycles. The molecule has 0 spiro atoms. The number of benzene rings is 2. The lowest BCUT2D eigenvalue weighted by atomic mass is 9.48. The van der Waals surface area contributed by atoms with Crippen molar-refractivity contribution in [2.24, 2.45) is 23.2 Å². The molecule has 2 N–H and O–H groups in total. The molecule has 36 heavy (non-hydrogen) atoms. The summed E-state index contributed by atoms with van der Waals surface area (Å²) in [6.45, 7) is 4.24. The molecule has 6 heteroatoms. The van der Waals surface area contributed by atoms with Crippen LogP contribution in [0.2, 0.25) is 0 Å². The van der Waals surface area contributed by atoms with Crippen molar-refractivity contribution in [3.63, 3.8) is 0 Å². The highest BCUT2D eigenvalue weighted by Gasteiger charge is 2.53. The molecule has 1 unspecified atom stereocenters. The largest absolute Gasteiger partial charge is 0.360 e. The first-order valence-electron chi connectivity index (χ1n) is 13.1. The molecule has 3 aromatic rings. The van der Waals surface area contributed by atoms with E-state index in [2.05, 4.69) is 48.7 Å². The first-order chi connectivity index (χ1) is 17.4. The molecule has 1 aromatic heterocycles. The molecule has 1 atom stereocenters. The van der Waals surface area contributed by atoms with Gasteiger partial charge in [-0.2, -0.15) is 5.26 Å². The Morgan fingerprint density at radius 3 is 2.42 bits per heavy atom. The summed E-state index contributed by atoms with van der Waals surface area (Å²) in [5.74, 6) is 2.21. The maximum absolute atomic E-state index is 13.0. The Labute approximate surface area is 216 Å². The van der Waals surface area contributed by atoms with E-state index in [-0.39, 0.29) is 22.9 Å².